The molecule has 2 amide bonds. The summed E-state index contributed by atoms with van der Waals surface area (Å²) in [4.78, 5) is 24.3. The van der Waals surface area contributed by atoms with Crippen LogP contribution < -0.4 is 5.43 Å². The number of nitrogens with one attached hydrogen (secondary N) is 1. The molecule has 0 bridgehead atoms. The third kappa shape index (κ3) is 3.68. The summed E-state index contributed by atoms with van der Waals surface area (Å²) < 4.78 is 1.18. The van der Waals surface area contributed by atoms with Crippen molar-refractivity contribution in [2.75, 3.05) is 0 Å². The maximum atomic E-state index is 12.2. The fourth-order valence-electron chi connectivity index (χ4n) is 2.64. The minimum atomic E-state index is -0.857. The molecule has 0 saturated carbocycles. The number of rotatable bonds is 4. The van der Waals surface area contributed by atoms with Crippen LogP contribution in [-0.4, -0.2) is 27.3 Å². The van der Waals surface area contributed by atoms with Gasteiger partial charge in [-0.2, -0.15) is 0 Å². The first-order valence-corrected chi connectivity index (χ1v) is 9.39. The summed E-state index contributed by atoms with van der Waals surface area (Å²) in [6.45, 7) is 0. The van der Waals surface area contributed by atoms with E-state index in [1.807, 2.05) is 30.3 Å². The predicted molar refractivity (Wildman–Crippen MR) is 101 cm³/mol. The Labute approximate surface area is 166 Å². The van der Waals surface area contributed by atoms with Crippen molar-refractivity contribution in [3.8, 4) is 5.75 Å². The first-order chi connectivity index (χ1) is 11.9. The topological polar surface area (TPSA) is 69.6 Å². The van der Waals surface area contributed by atoms with Crippen molar-refractivity contribution in [1.29, 1.82) is 0 Å². The van der Waals surface area contributed by atoms with Crippen LogP contribution in [0.15, 0.2) is 51.4 Å². The molecule has 0 unspecified atom stereocenters. The number of halogens is 3. The van der Waals surface area contributed by atoms with E-state index in [-0.39, 0.29) is 18.1 Å². The second-order valence-corrected chi connectivity index (χ2v) is 7.82. The number of hydrogen-bond donors (Lipinski definition) is 2. The number of aromatic hydroxyl groups is 1. The van der Waals surface area contributed by atoms with Crippen LogP contribution in [0.4, 0.5) is 0 Å². The van der Waals surface area contributed by atoms with Gasteiger partial charge in [-0.25, -0.2) is 5.01 Å². The number of β-lactam (4-membered cyclic amide) rings is 1. The molecular weight excluding hydrogens is 475 g/mol. The molecule has 130 valence electrons. The van der Waals surface area contributed by atoms with Gasteiger partial charge < -0.3 is 5.11 Å². The van der Waals surface area contributed by atoms with Gasteiger partial charge in [0.05, 0.1) is 10.9 Å². The van der Waals surface area contributed by atoms with E-state index in [4.69, 9.17) is 11.6 Å². The molecule has 1 aliphatic heterocycles. The molecule has 1 heterocycles. The standard InChI is InChI=1S/C17H13Br2ClN2O3/c18-10-7-11(16(24)12(19)8-10)15-14(20)17(25)22(15)21-13(23)6-9-4-2-1-3-5-9/h1-5,7-8,14-15,24H,6H2,(H,21,23)/t14-,15-/m0/s1. The van der Waals surface area contributed by atoms with Crippen LogP contribution in [-0.2, 0) is 16.0 Å². The lowest BCUT2D eigenvalue weighted by molar-refractivity contribution is -0.156. The highest BCUT2D eigenvalue weighted by atomic mass is 79.9. The number of benzene rings is 2. The van der Waals surface area contributed by atoms with Crippen molar-refractivity contribution < 1.29 is 14.7 Å². The van der Waals surface area contributed by atoms with E-state index in [9.17, 15) is 14.7 Å². The number of hydrazine groups is 1. The van der Waals surface area contributed by atoms with Crippen molar-refractivity contribution >= 4 is 55.3 Å². The van der Waals surface area contributed by atoms with Gasteiger partial charge in [0.25, 0.3) is 5.91 Å². The van der Waals surface area contributed by atoms with E-state index < -0.39 is 17.3 Å². The molecule has 8 heteroatoms. The number of amides is 2. The number of carbonyl (C=O) groups excluding carboxylic acids is 2. The first-order valence-electron chi connectivity index (χ1n) is 7.37. The maximum absolute atomic E-state index is 12.2. The van der Waals surface area contributed by atoms with Crippen molar-refractivity contribution in [2.24, 2.45) is 0 Å². The Bertz CT molecular complexity index is 832. The predicted octanol–water partition coefficient (Wildman–Crippen LogP) is 3.68. The molecule has 2 aromatic rings. The smallest absolute Gasteiger partial charge is 0.262 e. The van der Waals surface area contributed by atoms with Gasteiger partial charge in [0.2, 0.25) is 5.91 Å². The summed E-state index contributed by atoms with van der Waals surface area (Å²) in [5.74, 6) is -0.765. The van der Waals surface area contributed by atoms with Crippen LogP contribution in [0, 0.1) is 0 Å². The largest absolute Gasteiger partial charge is 0.506 e. The third-order valence-corrected chi connectivity index (χ3v) is 5.35. The number of nitrogens with zero attached hydrogens (tertiary/aromatic N) is 1. The van der Waals surface area contributed by atoms with E-state index in [0.29, 0.717) is 14.5 Å². The second kappa shape index (κ2) is 7.35. The van der Waals surface area contributed by atoms with Gasteiger partial charge in [0.15, 0.2) is 0 Å². The normalized spacial score (nSPS) is 19.5. The Balaban J connectivity index is 1.79. The minimum Gasteiger partial charge on any atom is -0.506 e. The lowest BCUT2D eigenvalue weighted by atomic mass is 9.94. The molecule has 1 fully saturated rings. The number of phenolic OH excluding ortho intramolecular Hbond substituents is 1. The zero-order chi connectivity index (χ0) is 18.1. The van der Waals surface area contributed by atoms with Gasteiger partial charge >= 0.3 is 0 Å². The maximum Gasteiger partial charge on any atom is 0.262 e. The Morgan fingerprint density at radius 1 is 1.24 bits per heavy atom. The van der Waals surface area contributed by atoms with E-state index >= 15 is 0 Å². The molecule has 3 rings (SSSR count). The molecule has 2 N–H and O–H groups in total. The highest BCUT2D eigenvalue weighted by Gasteiger charge is 2.49. The molecule has 1 saturated heterocycles. The Morgan fingerprint density at radius 2 is 1.92 bits per heavy atom. The van der Waals surface area contributed by atoms with Gasteiger partial charge in [0, 0.05) is 10.0 Å². The molecular formula is C17H13Br2ClN2O3. The summed E-state index contributed by atoms with van der Waals surface area (Å²) in [6, 6.07) is 11.9. The molecule has 2 aromatic carbocycles. The number of alkyl halides is 1. The Morgan fingerprint density at radius 3 is 2.60 bits per heavy atom. The molecule has 25 heavy (non-hydrogen) atoms. The van der Waals surface area contributed by atoms with Gasteiger partial charge in [-0.3, -0.25) is 15.0 Å². The van der Waals surface area contributed by atoms with Crippen LogP contribution in [0.5, 0.6) is 5.75 Å². The van der Waals surface area contributed by atoms with Crippen molar-refractivity contribution in [2.45, 2.75) is 17.8 Å². The quantitative estimate of drug-likeness (QED) is 0.510. The van der Waals surface area contributed by atoms with E-state index in [1.165, 1.54) is 0 Å². The van der Waals surface area contributed by atoms with Crippen LogP contribution in [0.3, 0.4) is 0 Å². The molecule has 5 nitrogen and oxygen atoms in total. The molecule has 2 atom stereocenters. The SMILES string of the molecule is O=C(Cc1ccccc1)NN1C(=O)[C@@H](Cl)[C@@H]1c1cc(Br)cc(Br)c1O. The van der Waals surface area contributed by atoms with Crippen LogP contribution in [0.2, 0.25) is 0 Å². The molecule has 0 aromatic heterocycles. The van der Waals surface area contributed by atoms with Crippen molar-refractivity contribution in [3.05, 3.63) is 62.5 Å². The first kappa shape index (κ1) is 18.2. The van der Waals surface area contributed by atoms with Gasteiger partial charge in [-0.15, -0.1) is 11.6 Å². The lowest BCUT2D eigenvalue weighted by Gasteiger charge is -2.44. The summed E-state index contributed by atoms with van der Waals surface area (Å²) in [5.41, 5.74) is 3.86. The number of phenols is 1. The van der Waals surface area contributed by atoms with Crippen molar-refractivity contribution in [1.82, 2.24) is 10.4 Å². The van der Waals surface area contributed by atoms with Crippen LogP contribution in [0.1, 0.15) is 17.2 Å². The van der Waals surface area contributed by atoms with Gasteiger partial charge in [-0.1, -0.05) is 46.3 Å². The molecule has 0 aliphatic carbocycles. The fraction of sp³-hybridized carbons (Fsp3) is 0.176. The highest BCUT2D eigenvalue weighted by Crippen LogP contribution is 2.44. The minimum absolute atomic E-state index is 0.0198. The average molecular weight is 489 g/mol. The molecule has 1 aliphatic rings. The second-order valence-electron chi connectivity index (χ2n) is 5.58. The summed E-state index contributed by atoms with van der Waals surface area (Å²) in [6.07, 6.45) is 0.137. The average Bonchev–Trinajstić information content (AvgIpc) is 2.59. The number of hydrogen-bond acceptors (Lipinski definition) is 3. The Hall–Kier alpha value is -1.57. The third-order valence-electron chi connectivity index (χ3n) is 3.86. The van der Waals surface area contributed by atoms with Gasteiger partial charge in [-0.05, 0) is 33.6 Å². The fourth-order valence-corrected chi connectivity index (χ4v) is 4.25. The van der Waals surface area contributed by atoms with E-state index in [0.717, 1.165) is 10.6 Å². The molecule has 0 spiro atoms. The van der Waals surface area contributed by atoms with Gasteiger partial charge in [0.1, 0.15) is 17.2 Å². The van der Waals surface area contributed by atoms with Crippen LogP contribution >= 0.6 is 43.5 Å². The summed E-state index contributed by atoms with van der Waals surface area (Å²) >= 11 is 12.7. The monoisotopic (exact) mass is 486 g/mol. The lowest BCUT2D eigenvalue weighted by Crippen LogP contribution is -2.63. The molecule has 0 radical (unpaired) electrons. The Kier molecular flexibility index (Phi) is 5.36. The highest BCUT2D eigenvalue weighted by molar-refractivity contribution is 9.11. The summed E-state index contributed by atoms with van der Waals surface area (Å²) in [5, 5.41) is 10.6. The zero-order valence-electron chi connectivity index (χ0n) is 12.7. The zero-order valence-corrected chi connectivity index (χ0v) is 16.7. The number of carbonyl (C=O) groups is 2. The van der Waals surface area contributed by atoms with Crippen molar-refractivity contribution in [3.63, 3.8) is 0 Å². The van der Waals surface area contributed by atoms with Crippen LogP contribution in [0.25, 0.3) is 0 Å². The summed E-state index contributed by atoms with van der Waals surface area (Å²) in [7, 11) is 0. The van der Waals surface area contributed by atoms with E-state index in [1.54, 1.807) is 12.1 Å². The van der Waals surface area contributed by atoms with E-state index in [2.05, 4.69) is 37.3 Å².